The molecule has 0 spiro atoms. The molecule has 1 atom stereocenters. The summed E-state index contributed by atoms with van der Waals surface area (Å²) in [4.78, 5) is 25.3. The monoisotopic (exact) mass is 511 g/mol. The summed E-state index contributed by atoms with van der Waals surface area (Å²) in [6.07, 6.45) is 1.50. The summed E-state index contributed by atoms with van der Waals surface area (Å²) in [6, 6.07) is 19.0. The van der Waals surface area contributed by atoms with E-state index in [2.05, 4.69) is 15.8 Å². The van der Waals surface area contributed by atoms with E-state index in [0.717, 1.165) is 11.1 Å². The normalized spacial score (nSPS) is 11.9. The van der Waals surface area contributed by atoms with Gasteiger partial charge in [0.15, 0.2) is 0 Å². The summed E-state index contributed by atoms with van der Waals surface area (Å²) in [5.74, 6) is -0.277. The summed E-state index contributed by atoms with van der Waals surface area (Å²) in [5.41, 5.74) is 5.61. The first kappa shape index (κ1) is 26.3. The Bertz CT molecular complexity index is 1210. The van der Waals surface area contributed by atoms with Crippen molar-refractivity contribution in [3.05, 3.63) is 99.0 Å². The number of rotatable bonds is 9. The molecular formula is C27H27Cl2N3O3. The molecule has 0 saturated heterocycles. The van der Waals surface area contributed by atoms with Crippen molar-refractivity contribution in [1.29, 1.82) is 0 Å². The van der Waals surface area contributed by atoms with Gasteiger partial charge in [0.25, 0.3) is 11.8 Å². The van der Waals surface area contributed by atoms with Gasteiger partial charge in [0, 0.05) is 11.1 Å². The predicted molar refractivity (Wildman–Crippen MR) is 140 cm³/mol. The fourth-order valence-corrected chi connectivity index (χ4v) is 3.53. The molecule has 0 aromatic heterocycles. The van der Waals surface area contributed by atoms with E-state index in [9.17, 15) is 9.59 Å². The standard InChI is InChI=1S/C27H27Cl2N3O3/c1-17(2)25(31-26(33)20-11-8-18(3)9-12-20)27(34)32-30-15-21-6-4-5-7-24(21)35-16-19-10-13-22(28)23(29)14-19/h4-15,17,25H,16H2,1-3H3,(H,31,33)(H,32,34)/b30-15-. The molecule has 2 N–H and O–H groups in total. The summed E-state index contributed by atoms with van der Waals surface area (Å²) in [7, 11) is 0. The zero-order valence-corrected chi connectivity index (χ0v) is 21.2. The molecule has 3 aromatic carbocycles. The van der Waals surface area contributed by atoms with Crippen LogP contribution < -0.4 is 15.5 Å². The lowest BCUT2D eigenvalue weighted by Crippen LogP contribution is -2.48. The van der Waals surface area contributed by atoms with Crippen LogP contribution in [0.3, 0.4) is 0 Å². The summed E-state index contributed by atoms with van der Waals surface area (Å²) in [6.45, 7) is 5.94. The van der Waals surface area contributed by atoms with Gasteiger partial charge in [-0.3, -0.25) is 9.59 Å². The predicted octanol–water partition coefficient (Wildman–Crippen LogP) is 5.79. The van der Waals surface area contributed by atoms with E-state index in [1.807, 2.05) is 57.2 Å². The lowest BCUT2D eigenvalue weighted by Gasteiger charge is -2.20. The van der Waals surface area contributed by atoms with Gasteiger partial charge in [-0.2, -0.15) is 5.10 Å². The van der Waals surface area contributed by atoms with Crippen LogP contribution in [0.5, 0.6) is 5.75 Å². The fourth-order valence-electron chi connectivity index (χ4n) is 3.21. The second-order valence-corrected chi connectivity index (χ2v) is 9.18. The van der Waals surface area contributed by atoms with Crippen LogP contribution in [0.4, 0.5) is 0 Å². The van der Waals surface area contributed by atoms with Crippen LogP contribution >= 0.6 is 23.2 Å². The number of amides is 2. The van der Waals surface area contributed by atoms with Crippen molar-refractivity contribution < 1.29 is 14.3 Å². The largest absolute Gasteiger partial charge is 0.488 e. The Morgan fingerprint density at radius 2 is 1.71 bits per heavy atom. The number of benzene rings is 3. The maximum absolute atomic E-state index is 12.8. The molecule has 0 aliphatic carbocycles. The van der Waals surface area contributed by atoms with Gasteiger partial charge in [-0.15, -0.1) is 0 Å². The van der Waals surface area contributed by atoms with Crippen molar-refractivity contribution in [1.82, 2.24) is 10.7 Å². The van der Waals surface area contributed by atoms with Crippen molar-refractivity contribution in [3.63, 3.8) is 0 Å². The van der Waals surface area contributed by atoms with Gasteiger partial charge in [0.05, 0.1) is 16.3 Å². The number of carbonyl (C=O) groups is 2. The van der Waals surface area contributed by atoms with Crippen LogP contribution in [0.1, 0.15) is 40.9 Å². The third-order valence-corrected chi connectivity index (χ3v) is 5.96. The third kappa shape index (κ3) is 7.57. The van der Waals surface area contributed by atoms with Crippen LogP contribution in [0.2, 0.25) is 10.0 Å². The number of ether oxygens (including phenoxy) is 1. The van der Waals surface area contributed by atoms with E-state index in [-0.39, 0.29) is 18.4 Å². The maximum atomic E-state index is 12.8. The number of nitrogens with zero attached hydrogens (tertiary/aromatic N) is 1. The molecule has 0 saturated carbocycles. The highest BCUT2D eigenvalue weighted by molar-refractivity contribution is 6.42. The average molecular weight is 512 g/mol. The van der Waals surface area contributed by atoms with Crippen LogP contribution in [-0.2, 0) is 11.4 Å². The minimum atomic E-state index is -0.748. The molecule has 8 heteroatoms. The van der Waals surface area contributed by atoms with Crippen LogP contribution in [-0.4, -0.2) is 24.1 Å². The van der Waals surface area contributed by atoms with E-state index in [0.29, 0.717) is 26.9 Å². The van der Waals surface area contributed by atoms with Gasteiger partial charge < -0.3 is 10.1 Å². The number of carbonyl (C=O) groups excluding carboxylic acids is 2. The van der Waals surface area contributed by atoms with Crippen LogP contribution in [0, 0.1) is 12.8 Å². The average Bonchev–Trinajstić information content (AvgIpc) is 2.84. The molecule has 1 unspecified atom stereocenters. The number of hydrogen-bond acceptors (Lipinski definition) is 4. The van der Waals surface area contributed by atoms with Crippen molar-refractivity contribution >= 4 is 41.2 Å². The summed E-state index contributed by atoms with van der Waals surface area (Å²) < 4.78 is 5.91. The molecule has 0 aliphatic rings. The van der Waals surface area contributed by atoms with E-state index in [1.54, 1.807) is 30.3 Å². The van der Waals surface area contributed by atoms with E-state index >= 15 is 0 Å². The van der Waals surface area contributed by atoms with E-state index in [1.165, 1.54) is 6.21 Å². The summed E-state index contributed by atoms with van der Waals surface area (Å²) >= 11 is 12.0. The van der Waals surface area contributed by atoms with E-state index < -0.39 is 11.9 Å². The number of hydrogen-bond donors (Lipinski definition) is 2. The molecule has 0 fully saturated rings. The molecule has 6 nitrogen and oxygen atoms in total. The van der Waals surface area contributed by atoms with Gasteiger partial charge in [-0.05, 0) is 54.8 Å². The molecule has 182 valence electrons. The highest BCUT2D eigenvalue weighted by atomic mass is 35.5. The number of halogens is 2. The van der Waals surface area contributed by atoms with E-state index in [4.69, 9.17) is 27.9 Å². The molecule has 3 aromatic rings. The molecular weight excluding hydrogens is 485 g/mol. The Hall–Kier alpha value is -3.35. The number of para-hydroxylation sites is 1. The molecule has 35 heavy (non-hydrogen) atoms. The molecule has 0 heterocycles. The zero-order chi connectivity index (χ0) is 25.4. The van der Waals surface area contributed by atoms with Gasteiger partial charge in [-0.25, -0.2) is 5.43 Å². The van der Waals surface area contributed by atoms with Gasteiger partial charge in [0.1, 0.15) is 18.4 Å². The molecule has 3 rings (SSSR count). The number of nitrogens with one attached hydrogen (secondary N) is 2. The Morgan fingerprint density at radius 3 is 2.40 bits per heavy atom. The second-order valence-electron chi connectivity index (χ2n) is 8.37. The Morgan fingerprint density at radius 1 is 1.00 bits per heavy atom. The van der Waals surface area contributed by atoms with Crippen molar-refractivity contribution in [2.24, 2.45) is 11.0 Å². The minimum absolute atomic E-state index is 0.138. The molecule has 0 bridgehead atoms. The number of aryl methyl sites for hydroxylation is 1. The zero-order valence-electron chi connectivity index (χ0n) is 19.7. The van der Waals surface area contributed by atoms with Gasteiger partial charge >= 0.3 is 0 Å². The minimum Gasteiger partial charge on any atom is -0.488 e. The maximum Gasteiger partial charge on any atom is 0.262 e. The fraction of sp³-hybridized carbons (Fsp3) is 0.222. The van der Waals surface area contributed by atoms with Crippen LogP contribution in [0.15, 0.2) is 71.8 Å². The Kier molecular flexibility index (Phi) is 9.29. The highest BCUT2D eigenvalue weighted by Gasteiger charge is 2.24. The molecule has 0 aliphatic heterocycles. The SMILES string of the molecule is Cc1ccc(C(=O)NC(C(=O)N/N=C\c2ccccc2OCc2ccc(Cl)c(Cl)c2)C(C)C)cc1. The smallest absolute Gasteiger partial charge is 0.262 e. The van der Waals surface area contributed by atoms with Crippen molar-refractivity contribution in [2.75, 3.05) is 0 Å². The van der Waals surface area contributed by atoms with Gasteiger partial charge in [0.2, 0.25) is 0 Å². The lowest BCUT2D eigenvalue weighted by atomic mass is 10.0. The third-order valence-electron chi connectivity index (χ3n) is 5.23. The first-order chi connectivity index (χ1) is 16.7. The first-order valence-electron chi connectivity index (χ1n) is 11.1. The van der Waals surface area contributed by atoms with Crippen LogP contribution in [0.25, 0.3) is 0 Å². The van der Waals surface area contributed by atoms with Gasteiger partial charge in [-0.1, -0.05) is 72.9 Å². The highest BCUT2D eigenvalue weighted by Crippen LogP contribution is 2.24. The molecule has 0 radical (unpaired) electrons. The topological polar surface area (TPSA) is 79.8 Å². The lowest BCUT2D eigenvalue weighted by molar-refractivity contribution is -0.123. The molecule has 2 amide bonds. The second kappa shape index (κ2) is 12.4. The Balaban J connectivity index is 1.62. The van der Waals surface area contributed by atoms with Crippen molar-refractivity contribution in [2.45, 2.75) is 33.4 Å². The Labute approximate surface area is 215 Å². The first-order valence-corrected chi connectivity index (χ1v) is 11.9. The quantitative estimate of drug-likeness (QED) is 0.282. The van der Waals surface area contributed by atoms with Crippen molar-refractivity contribution in [3.8, 4) is 5.75 Å². The summed E-state index contributed by atoms with van der Waals surface area (Å²) in [5, 5.41) is 7.81. The number of hydrazone groups is 1.